The summed E-state index contributed by atoms with van der Waals surface area (Å²) in [6.45, 7) is 1.88. The van der Waals surface area contributed by atoms with E-state index >= 15 is 0 Å². The van der Waals surface area contributed by atoms with Gasteiger partial charge in [-0.25, -0.2) is 4.79 Å². The van der Waals surface area contributed by atoms with E-state index in [1.165, 1.54) is 12.8 Å². The summed E-state index contributed by atoms with van der Waals surface area (Å²) in [6, 6.07) is 0. The van der Waals surface area contributed by atoms with Gasteiger partial charge in [0, 0.05) is 5.57 Å². The third kappa shape index (κ3) is 1.34. The molecule has 1 aliphatic heterocycles. The zero-order chi connectivity index (χ0) is 11.3. The van der Waals surface area contributed by atoms with Crippen LogP contribution in [0.5, 0.6) is 0 Å². The predicted octanol–water partition coefficient (Wildman–Crippen LogP) is 1.66. The lowest BCUT2D eigenvalue weighted by molar-refractivity contribution is -0.138. The van der Waals surface area contributed by atoms with E-state index in [4.69, 9.17) is 4.74 Å². The van der Waals surface area contributed by atoms with E-state index in [1.807, 2.05) is 6.92 Å². The number of carbonyl (C=O) groups is 1. The molecule has 88 valence electrons. The second-order valence-corrected chi connectivity index (χ2v) is 5.36. The van der Waals surface area contributed by atoms with Gasteiger partial charge in [-0.2, -0.15) is 0 Å². The molecule has 3 heteroatoms. The fraction of sp³-hybridized carbons (Fsp3) is 0.769. The summed E-state index contributed by atoms with van der Waals surface area (Å²) in [5.74, 6) is 0.458. The maximum Gasteiger partial charge on any atom is 0.334 e. The van der Waals surface area contributed by atoms with Crippen molar-refractivity contribution in [3.63, 3.8) is 0 Å². The lowest BCUT2D eigenvalue weighted by atomic mass is 9.66. The maximum absolute atomic E-state index is 11.6. The Morgan fingerprint density at radius 2 is 2.12 bits per heavy atom. The monoisotopic (exact) mass is 222 g/mol. The average Bonchev–Trinajstić information content (AvgIpc) is 2.55. The van der Waals surface area contributed by atoms with Crippen LogP contribution in [0.15, 0.2) is 11.6 Å². The van der Waals surface area contributed by atoms with E-state index in [0.29, 0.717) is 11.8 Å². The van der Waals surface area contributed by atoms with Crippen molar-refractivity contribution in [2.75, 3.05) is 0 Å². The van der Waals surface area contributed by atoms with Crippen molar-refractivity contribution >= 4 is 5.97 Å². The second-order valence-electron chi connectivity index (χ2n) is 5.36. The number of rotatable bonds is 0. The molecule has 0 bridgehead atoms. The molecule has 0 spiro atoms. The molecule has 3 rings (SSSR count). The minimum absolute atomic E-state index is 0.0770. The molecule has 0 aromatic heterocycles. The van der Waals surface area contributed by atoms with Crippen molar-refractivity contribution in [2.24, 2.45) is 17.8 Å². The Bertz CT molecular complexity index is 347. The molecule has 1 saturated carbocycles. The number of aliphatic hydroxyl groups excluding tert-OH is 1. The Labute approximate surface area is 95.5 Å². The van der Waals surface area contributed by atoms with Crippen molar-refractivity contribution in [2.45, 2.75) is 44.8 Å². The van der Waals surface area contributed by atoms with Crippen LogP contribution in [0.2, 0.25) is 0 Å². The van der Waals surface area contributed by atoms with Crippen LogP contribution < -0.4 is 0 Å². The number of fused-ring (bicyclic) bond motifs is 2. The fourth-order valence-electron chi connectivity index (χ4n) is 3.66. The maximum atomic E-state index is 11.6. The summed E-state index contributed by atoms with van der Waals surface area (Å²) >= 11 is 0. The minimum Gasteiger partial charge on any atom is -0.459 e. The summed E-state index contributed by atoms with van der Waals surface area (Å²) in [5, 5.41) is 10.4. The second kappa shape index (κ2) is 3.59. The van der Waals surface area contributed by atoms with Crippen LogP contribution in [0.3, 0.4) is 0 Å². The molecular formula is C13H18O3. The first-order chi connectivity index (χ1) is 7.68. The van der Waals surface area contributed by atoms with Crippen LogP contribution in [-0.2, 0) is 9.53 Å². The number of cyclic esters (lactones) is 1. The van der Waals surface area contributed by atoms with Gasteiger partial charge in [0.2, 0.25) is 0 Å². The Morgan fingerprint density at radius 1 is 1.38 bits per heavy atom. The van der Waals surface area contributed by atoms with Gasteiger partial charge in [0.15, 0.2) is 0 Å². The molecule has 0 unspecified atom stereocenters. The summed E-state index contributed by atoms with van der Waals surface area (Å²) < 4.78 is 5.22. The SMILES string of the molecule is C[C@H]1OC(=O)C2=C[C@H]3CCCC[C@H]3[C@H](O)[C@@H]21. The molecule has 0 amide bonds. The van der Waals surface area contributed by atoms with Gasteiger partial charge in [-0.1, -0.05) is 18.9 Å². The van der Waals surface area contributed by atoms with Gasteiger partial charge in [-0.05, 0) is 31.6 Å². The standard InChI is InChI=1S/C13H18O3/c1-7-11-10(13(15)16-7)6-8-4-2-3-5-9(8)12(11)14/h6-9,11-12,14H,2-5H2,1H3/t7-,8-,9-,11-,12+/m1/s1. The molecule has 5 atom stereocenters. The molecule has 1 heterocycles. The number of allylic oxidation sites excluding steroid dienone is 1. The van der Waals surface area contributed by atoms with Crippen LogP contribution in [0, 0.1) is 17.8 Å². The van der Waals surface area contributed by atoms with E-state index in [2.05, 4.69) is 6.08 Å². The van der Waals surface area contributed by atoms with Crippen molar-refractivity contribution in [1.29, 1.82) is 0 Å². The zero-order valence-electron chi connectivity index (χ0n) is 9.56. The van der Waals surface area contributed by atoms with Crippen LogP contribution in [0.4, 0.5) is 0 Å². The molecule has 0 aromatic carbocycles. The highest BCUT2D eigenvalue weighted by molar-refractivity contribution is 5.92. The smallest absolute Gasteiger partial charge is 0.334 e. The van der Waals surface area contributed by atoms with Gasteiger partial charge >= 0.3 is 5.97 Å². The number of hydrogen-bond donors (Lipinski definition) is 1. The van der Waals surface area contributed by atoms with Crippen LogP contribution in [-0.4, -0.2) is 23.3 Å². The zero-order valence-corrected chi connectivity index (χ0v) is 9.56. The van der Waals surface area contributed by atoms with E-state index in [9.17, 15) is 9.90 Å². The third-order valence-electron chi connectivity index (χ3n) is 4.47. The first-order valence-corrected chi connectivity index (χ1v) is 6.29. The van der Waals surface area contributed by atoms with Crippen molar-refractivity contribution in [3.05, 3.63) is 11.6 Å². The first kappa shape index (κ1) is 10.3. The van der Waals surface area contributed by atoms with Gasteiger partial charge in [0.25, 0.3) is 0 Å². The summed E-state index contributed by atoms with van der Waals surface area (Å²) in [7, 11) is 0. The molecule has 16 heavy (non-hydrogen) atoms. The molecule has 0 aromatic rings. The third-order valence-corrected chi connectivity index (χ3v) is 4.47. The van der Waals surface area contributed by atoms with Gasteiger partial charge < -0.3 is 9.84 Å². The number of hydrogen-bond acceptors (Lipinski definition) is 3. The number of aliphatic hydroxyl groups is 1. The predicted molar refractivity (Wildman–Crippen MR) is 58.6 cm³/mol. The highest BCUT2D eigenvalue weighted by Gasteiger charge is 2.49. The van der Waals surface area contributed by atoms with Gasteiger partial charge in [0.1, 0.15) is 6.10 Å². The van der Waals surface area contributed by atoms with Gasteiger partial charge in [-0.15, -0.1) is 0 Å². The molecule has 1 N–H and O–H groups in total. The fourth-order valence-corrected chi connectivity index (χ4v) is 3.66. The van der Waals surface area contributed by atoms with E-state index < -0.39 is 0 Å². The highest BCUT2D eigenvalue weighted by atomic mass is 16.6. The summed E-state index contributed by atoms with van der Waals surface area (Å²) in [5.41, 5.74) is 0.739. The number of esters is 1. The Kier molecular flexibility index (Phi) is 2.32. The average molecular weight is 222 g/mol. The quantitative estimate of drug-likeness (QED) is 0.634. The molecule has 3 aliphatic rings. The molecular weight excluding hydrogens is 204 g/mol. The largest absolute Gasteiger partial charge is 0.459 e. The van der Waals surface area contributed by atoms with Gasteiger partial charge in [-0.3, -0.25) is 0 Å². The summed E-state index contributed by atoms with van der Waals surface area (Å²) in [6.07, 6.45) is 6.17. The number of carbonyl (C=O) groups excluding carboxylic acids is 1. The Hall–Kier alpha value is -0.830. The first-order valence-electron chi connectivity index (χ1n) is 6.29. The minimum atomic E-state index is -0.383. The topological polar surface area (TPSA) is 46.5 Å². The molecule has 1 saturated heterocycles. The number of ether oxygens (including phenoxy) is 1. The normalized spacial score (nSPS) is 46.8. The lowest BCUT2D eigenvalue weighted by Gasteiger charge is -2.40. The van der Waals surface area contributed by atoms with E-state index in [0.717, 1.165) is 18.4 Å². The Morgan fingerprint density at radius 3 is 2.94 bits per heavy atom. The van der Waals surface area contributed by atoms with Crippen molar-refractivity contribution in [3.8, 4) is 0 Å². The van der Waals surface area contributed by atoms with Crippen molar-refractivity contribution in [1.82, 2.24) is 0 Å². The van der Waals surface area contributed by atoms with E-state index in [-0.39, 0.29) is 24.1 Å². The van der Waals surface area contributed by atoms with Crippen molar-refractivity contribution < 1.29 is 14.6 Å². The van der Waals surface area contributed by atoms with E-state index in [1.54, 1.807) is 0 Å². The molecule has 2 fully saturated rings. The molecule has 0 radical (unpaired) electrons. The Balaban J connectivity index is 1.97. The summed E-state index contributed by atoms with van der Waals surface area (Å²) in [4.78, 5) is 11.6. The molecule has 2 aliphatic carbocycles. The highest BCUT2D eigenvalue weighted by Crippen LogP contribution is 2.46. The van der Waals surface area contributed by atoms with Crippen LogP contribution in [0.1, 0.15) is 32.6 Å². The molecule has 3 nitrogen and oxygen atoms in total. The lowest BCUT2D eigenvalue weighted by Crippen LogP contribution is -2.42. The van der Waals surface area contributed by atoms with Gasteiger partial charge in [0.05, 0.1) is 12.0 Å². The van der Waals surface area contributed by atoms with Crippen LogP contribution in [0.25, 0.3) is 0 Å². The van der Waals surface area contributed by atoms with Crippen LogP contribution >= 0.6 is 0 Å².